The topological polar surface area (TPSA) is 93.5 Å². The zero-order valence-electron chi connectivity index (χ0n) is 12.6. The van der Waals surface area contributed by atoms with Gasteiger partial charge in [-0.25, -0.2) is 13.1 Å². The van der Waals surface area contributed by atoms with Crippen molar-refractivity contribution in [3.63, 3.8) is 0 Å². The molecule has 1 saturated heterocycles. The van der Waals surface area contributed by atoms with Gasteiger partial charge in [-0.2, -0.15) is 0 Å². The predicted molar refractivity (Wildman–Crippen MR) is 83.8 cm³/mol. The lowest BCUT2D eigenvalue weighted by atomic mass is 9.94. The molecule has 1 aromatic carbocycles. The van der Waals surface area contributed by atoms with Crippen LogP contribution in [0.1, 0.15) is 26.7 Å². The number of benzene rings is 1. The number of nitrogens with two attached hydrogens (primary N) is 1. The summed E-state index contributed by atoms with van der Waals surface area (Å²) in [6.07, 6.45) is 1.71. The summed E-state index contributed by atoms with van der Waals surface area (Å²) in [4.78, 5) is 0.202. The maximum absolute atomic E-state index is 11.9. The van der Waals surface area contributed by atoms with Gasteiger partial charge in [0.1, 0.15) is 0 Å². The summed E-state index contributed by atoms with van der Waals surface area (Å²) in [5, 5.41) is 3.34. The molecule has 1 unspecified atom stereocenters. The first kappa shape index (κ1) is 16.1. The number of sulfonamides is 1. The number of nitrogens with one attached hydrogen (secondary N) is 2. The fraction of sp³-hybridized carbons (Fsp3) is 0.571. The Morgan fingerprint density at radius 1 is 1.38 bits per heavy atom. The number of nitrogen functional groups attached to an aromatic ring is 1. The van der Waals surface area contributed by atoms with Crippen LogP contribution >= 0.6 is 0 Å². The number of anilines is 2. The summed E-state index contributed by atoms with van der Waals surface area (Å²) in [6, 6.07) is 4.89. The fourth-order valence-electron chi connectivity index (χ4n) is 2.52. The molecule has 2 rings (SSSR count). The van der Waals surface area contributed by atoms with Gasteiger partial charge in [-0.1, -0.05) is 0 Å². The smallest absolute Gasteiger partial charge is 0.240 e. The molecule has 0 amide bonds. The van der Waals surface area contributed by atoms with Crippen LogP contribution in [0, 0.1) is 0 Å². The highest BCUT2D eigenvalue weighted by Gasteiger charge is 2.29. The van der Waals surface area contributed by atoms with Crippen molar-refractivity contribution in [1.82, 2.24) is 4.72 Å². The second-order valence-corrected chi connectivity index (χ2v) is 7.79. The lowest BCUT2D eigenvalue weighted by Crippen LogP contribution is -2.40. The van der Waals surface area contributed by atoms with Crippen molar-refractivity contribution in [2.24, 2.45) is 0 Å². The van der Waals surface area contributed by atoms with Crippen molar-refractivity contribution in [3.05, 3.63) is 18.2 Å². The molecule has 0 bridgehead atoms. The minimum Gasteiger partial charge on any atom is -0.397 e. The van der Waals surface area contributed by atoms with Crippen LogP contribution in [0.4, 0.5) is 11.4 Å². The highest BCUT2D eigenvalue weighted by molar-refractivity contribution is 7.89. The van der Waals surface area contributed by atoms with E-state index >= 15 is 0 Å². The highest BCUT2D eigenvalue weighted by Crippen LogP contribution is 2.29. The quantitative estimate of drug-likeness (QED) is 0.733. The molecule has 0 saturated carbocycles. The second-order valence-electron chi connectivity index (χ2n) is 5.90. The van der Waals surface area contributed by atoms with E-state index in [1.807, 2.05) is 13.8 Å². The lowest BCUT2D eigenvalue weighted by molar-refractivity contribution is -0.0553. The van der Waals surface area contributed by atoms with E-state index in [0.717, 1.165) is 12.8 Å². The molecule has 6 nitrogen and oxygen atoms in total. The van der Waals surface area contributed by atoms with Gasteiger partial charge in [-0.15, -0.1) is 0 Å². The predicted octanol–water partition coefficient (Wildman–Crippen LogP) is 1.55. The van der Waals surface area contributed by atoms with Crippen molar-refractivity contribution in [1.29, 1.82) is 0 Å². The third-order valence-electron chi connectivity index (χ3n) is 3.66. The summed E-state index contributed by atoms with van der Waals surface area (Å²) >= 11 is 0. The first-order valence-corrected chi connectivity index (χ1v) is 8.45. The van der Waals surface area contributed by atoms with E-state index < -0.39 is 10.0 Å². The van der Waals surface area contributed by atoms with Gasteiger partial charge in [0.2, 0.25) is 10.0 Å². The summed E-state index contributed by atoms with van der Waals surface area (Å²) in [7, 11) is -2.08. The molecule has 1 aliphatic heterocycles. The van der Waals surface area contributed by atoms with Gasteiger partial charge < -0.3 is 15.8 Å². The standard InChI is InChI=1S/C14H23N3O3S/c1-14(2)9-10(6-7-20-14)17-13-8-11(4-5-12(13)15)21(18,19)16-3/h4-5,8,10,16-17H,6-7,9,15H2,1-3H3. The Morgan fingerprint density at radius 2 is 2.10 bits per heavy atom. The largest absolute Gasteiger partial charge is 0.397 e. The van der Waals surface area contributed by atoms with Crippen LogP contribution in [0.25, 0.3) is 0 Å². The zero-order chi connectivity index (χ0) is 15.7. The van der Waals surface area contributed by atoms with Crippen LogP contribution in [0.3, 0.4) is 0 Å². The second kappa shape index (κ2) is 5.82. The van der Waals surface area contributed by atoms with Crippen LogP contribution in [0.2, 0.25) is 0 Å². The van der Waals surface area contributed by atoms with Gasteiger partial charge in [0.05, 0.1) is 21.9 Å². The number of hydrogen-bond donors (Lipinski definition) is 3. The molecule has 1 fully saturated rings. The Kier molecular flexibility index (Phi) is 4.46. The van der Waals surface area contributed by atoms with Gasteiger partial charge in [0, 0.05) is 12.6 Å². The minimum absolute atomic E-state index is 0.181. The molecule has 0 aliphatic carbocycles. The van der Waals surface area contributed by atoms with Gasteiger partial charge in [0.25, 0.3) is 0 Å². The fourth-order valence-corrected chi connectivity index (χ4v) is 3.28. The number of hydrogen-bond acceptors (Lipinski definition) is 5. The average molecular weight is 313 g/mol. The highest BCUT2D eigenvalue weighted by atomic mass is 32.2. The Balaban J connectivity index is 2.22. The van der Waals surface area contributed by atoms with E-state index in [9.17, 15) is 8.42 Å². The minimum atomic E-state index is -3.47. The maximum atomic E-state index is 11.9. The van der Waals surface area contributed by atoms with Crippen molar-refractivity contribution in [3.8, 4) is 0 Å². The van der Waals surface area contributed by atoms with Gasteiger partial charge >= 0.3 is 0 Å². The van der Waals surface area contributed by atoms with E-state index in [1.54, 1.807) is 12.1 Å². The third kappa shape index (κ3) is 3.87. The monoisotopic (exact) mass is 313 g/mol. The molecule has 1 atom stereocenters. The van der Waals surface area contributed by atoms with Crippen molar-refractivity contribution in [2.75, 3.05) is 24.7 Å². The summed E-state index contributed by atoms with van der Waals surface area (Å²) in [6.45, 7) is 4.78. The summed E-state index contributed by atoms with van der Waals surface area (Å²) in [5.41, 5.74) is 6.95. The third-order valence-corrected chi connectivity index (χ3v) is 5.07. The van der Waals surface area contributed by atoms with E-state index in [0.29, 0.717) is 18.0 Å². The molecule has 1 aromatic rings. The van der Waals surface area contributed by atoms with E-state index in [-0.39, 0.29) is 16.5 Å². The summed E-state index contributed by atoms with van der Waals surface area (Å²) < 4.78 is 31.7. The first-order chi connectivity index (χ1) is 9.73. The molecule has 4 N–H and O–H groups in total. The van der Waals surface area contributed by atoms with E-state index in [1.165, 1.54) is 13.1 Å². The molecule has 21 heavy (non-hydrogen) atoms. The van der Waals surface area contributed by atoms with Crippen molar-refractivity contribution in [2.45, 2.75) is 43.2 Å². The molecule has 0 aromatic heterocycles. The molecule has 1 aliphatic rings. The van der Waals surface area contributed by atoms with Crippen LogP contribution < -0.4 is 15.8 Å². The molecule has 0 spiro atoms. The van der Waals surface area contributed by atoms with Crippen LogP contribution in [-0.4, -0.2) is 33.7 Å². The van der Waals surface area contributed by atoms with Crippen LogP contribution in [-0.2, 0) is 14.8 Å². The Hall–Kier alpha value is -1.31. The average Bonchev–Trinajstić information content (AvgIpc) is 2.40. The molecule has 7 heteroatoms. The van der Waals surface area contributed by atoms with Crippen LogP contribution in [0.15, 0.2) is 23.1 Å². The molecule has 1 heterocycles. The Bertz CT molecular complexity index is 614. The Morgan fingerprint density at radius 3 is 2.71 bits per heavy atom. The van der Waals surface area contributed by atoms with E-state index in [4.69, 9.17) is 10.5 Å². The first-order valence-electron chi connectivity index (χ1n) is 6.97. The van der Waals surface area contributed by atoms with Crippen molar-refractivity contribution >= 4 is 21.4 Å². The molecular formula is C14H23N3O3S. The van der Waals surface area contributed by atoms with Crippen molar-refractivity contribution < 1.29 is 13.2 Å². The maximum Gasteiger partial charge on any atom is 0.240 e. The Labute approximate surface area is 126 Å². The molecular weight excluding hydrogens is 290 g/mol. The normalized spacial score (nSPS) is 22.0. The van der Waals surface area contributed by atoms with Crippen LogP contribution in [0.5, 0.6) is 0 Å². The SMILES string of the molecule is CNS(=O)(=O)c1ccc(N)c(NC2CCOC(C)(C)C2)c1. The molecule has 118 valence electrons. The number of ether oxygens (including phenoxy) is 1. The van der Waals surface area contributed by atoms with Gasteiger partial charge in [-0.05, 0) is 51.9 Å². The van der Waals surface area contributed by atoms with Gasteiger partial charge in [-0.3, -0.25) is 0 Å². The number of rotatable bonds is 4. The van der Waals surface area contributed by atoms with E-state index in [2.05, 4.69) is 10.0 Å². The zero-order valence-corrected chi connectivity index (χ0v) is 13.5. The summed E-state index contributed by atoms with van der Waals surface area (Å²) in [5.74, 6) is 0. The lowest BCUT2D eigenvalue weighted by Gasteiger charge is -2.36. The van der Waals surface area contributed by atoms with Gasteiger partial charge in [0.15, 0.2) is 0 Å². The molecule has 0 radical (unpaired) electrons.